The summed E-state index contributed by atoms with van der Waals surface area (Å²) in [7, 11) is 0. The van der Waals surface area contributed by atoms with E-state index in [1.807, 2.05) is 48.5 Å². The van der Waals surface area contributed by atoms with Crippen LogP contribution in [0, 0.1) is 0 Å². The molecule has 0 fully saturated rings. The molecule has 7 heteroatoms. The van der Waals surface area contributed by atoms with E-state index in [0.29, 0.717) is 10.0 Å². The first kappa shape index (κ1) is 20.8. The molecule has 0 amide bonds. The maximum atomic E-state index is 10.5. The third kappa shape index (κ3) is 4.65. The van der Waals surface area contributed by atoms with E-state index in [9.17, 15) is 5.11 Å². The van der Waals surface area contributed by atoms with Crippen LogP contribution in [0.3, 0.4) is 0 Å². The van der Waals surface area contributed by atoms with E-state index in [0.717, 1.165) is 31.3 Å². The lowest BCUT2D eigenvalue weighted by molar-refractivity contribution is 0.419. The van der Waals surface area contributed by atoms with Crippen LogP contribution in [-0.2, 0) is 0 Å². The highest BCUT2D eigenvalue weighted by Crippen LogP contribution is 2.36. The second-order valence-corrected chi connectivity index (χ2v) is 9.35. The van der Waals surface area contributed by atoms with Gasteiger partial charge < -0.3 is 10.4 Å². The Balaban J connectivity index is 1.79. The second-order valence-electron chi connectivity index (χ2n) is 6.68. The molecule has 1 heterocycles. The summed E-state index contributed by atoms with van der Waals surface area (Å²) in [5.74, 6) is 0.222. The largest absolute Gasteiger partial charge is 0.508 e. The summed E-state index contributed by atoms with van der Waals surface area (Å²) in [6, 6.07) is 18.7. The van der Waals surface area contributed by atoms with E-state index < -0.39 is 0 Å². The summed E-state index contributed by atoms with van der Waals surface area (Å²) in [6.45, 7) is 0. The number of phenols is 1. The standard InChI is InChI=1S/C22H16Br2Cl2N2O/c23-13-3-1-12(2-4-13)19-11-20(17-9-14(24)5-8-21(17)29)28-22(27-19)16-7-6-15(25)10-18(16)26/h1-11,20,22,27-29H. The van der Waals surface area contributed by atoms with Crippen molar-refractivity contribution in [1.82, 2.24) is 10.6 Å². The third-order valence-electron chi connectivity index (χ3n) is 4.73. The highest BCUT2D eigenvalue weighted by Gasteiger charge is 2.27. The van der Waals surface area contributed by atoms with Crippen LogP contribution in [0.2, 0.25) is 10.0 Å². The molecule has 29 heavy (non-hydrogen) atoms. The van der Waals surface area contributed by atoms with Crippen LogP contribution < -0.4 is 10.6 Å². The Morgan fingerprint density at radius 2 is 1.55 bits per heavy atom. The van der Waals surface area contributed by atoms with Gasteiger partial charge in [-0.15, -0.1) is 0 Å². The molecule has 0 aromatic heterocycles. The van der Waals surface area contributed by atoms with Crippen molar-refractivity contribution in [1.29, 1.82) is 0 Å². The Labute approximate surface area is 196 Å². The van der Waals surface area contributed by atoms with E-state index in [1.54, 1.807) is 12.1 Å². The molecule has 0 bridgehead atoms. The first-order valence-corrected chi connectivity index (χ1v) is 11.2. The van der Waals surface area contributed by atoms with E-state index in [1.165, 1.54) is 0 Å². The fraction of sp³-hybridized carbons (Fsp3) is 0.0909. The number of hydrogen-bond donors (Lipinski definition) is 3. The lowest BCUT2D eigenvalue weighted by atomic mass is 9.98. The van der Waals surface area contributed by atoms with Crippen LogP contribution in [0.1, 0.15) is 28.9 Å². The summed E-state index contributed by atoms with van der Waals surface area (Å²) in [4.78, 5) is 0. The number of halogens is 4. The zero-order valence-electron chi connectivity index (χ0n) is 15.0. The lowest BCUT2D eigenvalue weighted by Crippen LogP contribution is -2.39. The van der Waals surface area contributed by atoms with Crippen molar-refractivity contribution in [3.8, 4) is 5.75 Å². The molecule has 0 saturated heterocycles. The molecule has 3 aromatic carbocycles. The molecule has 0 spiro atoms. The lowest BCUT2D eigenvalue weighted by Gasteiger charge is -2.34. The molecular weight excluding hydrogens is 539 g/mol. The van der Waals surface area contributed by atoms with Crippen LogP contribution in [0.4, 0.5) is 0 Å². The van der Waals surface area contributed by atoms with E-state index in [4.69, 9.17) is 23.2 Å². The average molecular weight is 555 g/mol. The molecule has 3 nitrogen and oxygen atoms in total. The fourth-order valence-electron chi connectivity index (χ4n) is 3.31. The minimum absolute atomic E-state index is 0.222. The second kappa shape index (κ2) is 8.70. The van der Waals surface area contributed by atoms with Gasteiger partial charge in [0.2, 0.25) is 0 Å². The molecule has 4 rings (SSSR count). The first-order valence-electron chi connectivity index (χ1n) is 8.84. The minimum atomic E-state index is -0.271. The molecule has 0 radical (unpaired) electrons. The third-order valence-corrected chi connectivity index (χ3v) is 6.32. The number of benzene rings is 3. The van der Waals surface area contributed by atoms with Crippen LogP contribution in [-0.4, -0.2) is 5.11 Å². The highest BCUT2D eigenvalue weighted by molar-refractivity contribution is 9.10. The van der Waals surface area contributed by atoms with Gasteiger partial charge in [0.25, 0.3) is 0 Å². The fourth-order valence-corrected chi connectivity index (χ4v) is 4.47. The molecule has 1 aliphatic rings. The van der Waals surface area contributed by atoms with Crippen LogP contribution in [0.5, 0.6) is 5.75 Å². The molecule has 3 aromatic rings. The van der Waals surface area contributed by atoms with E-state index in [-0.39, 0.29) is 18.0 Å². The van der Waals surface area contributed by atoms with Gasteiger partial charge in [-0.1, -0.05) is 73.3 Å². The maximum Gasteiger partial charge on any atom is 0.120 e. The number of aromatic hydroxyl groups is 1. The molecule has 2 unspecified atom stereocenters. The van der Waals surface area contributed by atoms with Gasteiger partial charge in [-0.25, -0.2) is 0 Å². The van der Waals surface area contributed by atoms with Crippen molar-refractivity contribution in [2.45, 2.75) is 12.2 Å². The summed E-state index contributed by atoms with van der Waals surface area (Å²) < 4.78 is 1.90. The molecule has 1 aliphatic heterocycles. The first-order chi connectivity index (χ1) is 13.9. The predicted octanol–water partition coefficient (Wildman–Crippen LogP) is 7.20. The van der Waals surface area contributed by atoms with E-state index >= 15 is 0 Å². The van der Waals surface area contributed by atoms with Gasteiger partial charge in [-0.3, -0.25) is 5.32 Å². The topological polar surface area (TPSA) is 44.3 Å². The van der Waals surface area contributed by atoms with Gasteiger partial charge in [0.1, 0.15) is 11.9 Å². The van der Waals surface area contributed by atoms with Gasteiger partial charge >= 0.3 is 0 Å². The number of phenolic OH excluding ortho intramolecular Hbond substituents is 1. The van der Waals surface area contributed by atoms with Crippen molar-refractivity contribution in [3.05, 3.63) is 102 Å². The van der Waals surface area contributed by atoms with Gasteiger partial charge in [-0.05, 0) is 54.1 Å². The smallest absolute Gasteiger partial charge is 0.120 e. The number of hydrogen-bond acceptors (Lipinski definition) is 3. The average Bonchev–Trinajstić information content (AvgIpc) is 2.70. The van der Waals surface area contributed by atoms with E-state index in [2.05, 4.69) is 48.6 Å². The minimum Gasteiger partial charge on any atom is -0.508 e. The Morgan fingerprint density at radius 1 is 0.828 bits per heavy atom. The van der Waals surface area contributed by atoms with Crippen LogP contribution >= 0.6 is 55.1 Å². The Kier molecular flexibility index (Phi) is 6.23. The highest BCUT2D eigenvalue weighted by atomic mass is 79.9. The summed E-state index contributed by atoms with van der Waals surface area (Å²) in [5, 5.41) is 18.7. The van der Waals surface area contributed by atoms with Gasteiger partial charge in [0.05, 0.1) is 6.04 Å². The maximum absolute atomic E-state index is 10.5. The normalized spacial score (nSPS) is 18.8. The molecule has 3 N–H and O–H groups in total. The van der Waals surface area contributed by atoms with Crippen molar-refractivity contribution < 1.29 is 5.11 Å². The molecular formula is C22H16Br2Cl2N2O. The molecule has 0 aliphatic carbocycles. The molecule has 2 atom stereocenters. The number of rotatable bonds is 3. The summed E-state index contributed by atoms with van der Waals surface area (Å²) in [6.07, 6.45) is 1.79. The van der Waals surface area contributed by atoms with Crippen molar-refractivity contribution in [2.24, 2.45) is 0 Å². The zero-order valence-corrected chi connectivity index (χ0v) is 19.6. The Bertz CT molecular complexity index is 1090. The summed E-state index contributed by atoms with van der Waals surface area (Å²) in [5.41, 5.74) is 3.62. The molecule has 148 valence electrons. The Hall–Kier alpha value is -1.50. The summed E-state index contributed by atoms with van der Waals surface area (Å²) >= 11 is 19.5. The van der Waals surface area contributed by atoms with Crippen LogP contribution in [0.15, 0.2) is 75.7 Å². The monoisotopic (exact) mass is 552 g/mol. The predicted molar refractivity (Wildman–Crippen MR) is 126 cm³/mol. The van der Waals surface area contributed by atoms with Gasteiger partial charge in [0, 0.05) is 35.8 Å². The SMILES string of the molecule is Oc1ccc(Br)cc1C1C=C(c2ccc(Br)cc2)NC(c2ccc(Cl)cc2Cl)N1. The van der Waals surface area contributed by atoms with Gasteiger partial charge in [-0.2, -0.15) is 0 Å². The van der Waals surface area contributed by atoms with Crippen LogP contribution in [0.25, 0.3) is 5.70 Å². The molecule has 0 saturated carbocycles. The van der Waals surface area contributed by atoms with Crippen molar-refractivity contribution in [3.63, 3.8) is 0 Å². The Morgan fingerprint density at radius 3 is 2.28 bits per heavy atom. The van der Waals surface area contributed by atoms with Crippen molar-refractivity contribution >= 4 is 60.8 Å². The number of nitrogens with one attached hydrogen (secondary N) is 2. The quantitative estimate of drug-likeness (QED) is 0.321. The van der Waals surface area contributed by atoms with Crippen molar-refractivity contribution in [2.75, 3.05) is 0 Å². The van der Waals surface area contributed by atoms with Gasteiger partial charge in [0.15, 0.2) is 0 Å². The zero-order chi connectivity index (χ0) is 20.5.